The summed E-state index contributed by atoms with van der Waals surface area (Å²) in [4.78, 5) is 26.8. The van der Waals surface area contributed by atoms with E-state index >= 15 is 0 Å². The largest absolute Gasteiger partial charge is 0.492 e. The zero-order valence-corrected chi connectivity index (χ0v) is 23.4. The maximum absolute atomic E-state index is 12.6. The first-order valence-corrected chi connectivity index (χ1v) is 13.9. The molecule has 0 aliphatic rings. The van der Waals surface area contributed by atoms with Gasteiger partial charge in [0.25, 0.3) is 5.69 Å². The SMILES string of the molecule is Cc1cc([S+](c2ccccc2)c2ccccc2)cc(C)c1OCCC(=O)OC(C)(C)c1ccc([N+](=O)[O-])cc1. The number of nitrogens with zero attached hydrogens (tertiary/aromatic N) is 1. The van der Waals surface area contributed by atoms with Crippen molar-refractivity contribution in [2.45, 2.75) is 54.4 Å². The quantitative estimate of drug-likeness (QED) is 0.0894. The number of non-ortho nitro benzene ring substituents is 1. The summed E-state index contributed by atoms with van der Waals surface area (Å²) in [7, 11) is -0.257. The molecule has 0 spiro atoms. The molecular formula is C32H32NO5S+. The molecule has 4 rings (SSSR count). The Morgan fingerprint density at radius 2 is 1.33 bits per heavy atom. The second kappa shape index (κ2) is 12.2. The minimum Gasteiger partial charge on any atom is -0.492 e. The van der Waals surface area contributed by atoms with Crippen LogP contribution in [0.25, 0.3) is 0 Å². The fourth-order valence-corrected chi connectivity index (χ4v) is 6.66. The van der Waals surface area contributed by atoms with Crippen LogP contribution < -0.4 is 4.74 Å². The van der Waals surface area contributed by atoms with E-state index in [9.17, 15) is 14.9 Å². The second-order valence-corrected chi connectivity index (χ2v) is 11.7. The zero-order chi connectivity index (χ0) is 28.0. The van der Waals surface area contributed by atoms with Crippen LogP contribution in [0.1, 0.15) is 37.0 Å². The number of carbonyl (C=O) groups is 1. The first-order chi connectivity index (χ1) is 18.7. The van der Waals surface area contributed by atoms with Crippen LogP contribution in [0.5, 0.6) is 5.75 Å². The van der Waals surface area contributed by atoms with Gasteiger partial charge in [0, 0.05) is 24.3 Å². The van der Waals surface area contributed by atoms with Crippen LogP contribution in [0.3, 0.4) is 0 Å². The summed E-state index contributed by atoms with van der Waals surface area (Å²) in [5.41, 5.74) is 1.76. The molecule has 200 valence electrons. The number of rotatable bonds is 10. The van der Waals surface area contributed by atoms with Crippen LogP contribution in [0.2, 0.25) is 0 Å². The zero-order valence-electron chi connectivity index (χ0n) is 22.5. The number of nitro groups is 1. The third-order valence-electron chi connectivity index (χ3n) is 6.32. The predicted molar refractivity (Wildman–Crippen MR) is 153 cm³/mol. The number of esters is 1. The van der Waals surface area contributed by atoms with Gasteiger partial charge in [-0.05, 0) is 80.8 Å². The molecular weight excluding hydrogens is 510 g/mol. The predicted octanol–water partition coefficient (Wildman–Crippen LogP) is 7.55. The molecule has 0 saturated heterocycles. The van der Waals surface area contributed by atoms with Crippen molar-refractivity contribution in [2.24, 2.45) is 0 Å². The maximum Gasteiger partial charge on any atom is 0.310 e. The van der Waals surface area contributed by atoms with Gasteiger partial charge in [-0.1, -0.05) is 36.4 Å². The summed E-state index contributed by atoms with van der Waals surface area (Å²) in [5, 5.41) is 10.9. The number of aryl methyl sites for hydroxylation is 2. The van der Waals surface area contributed by atoms with Crippen LogP contribution in [-0.4, -0.2) is 17.5 Å². The normalized spacial score (nSPS) is 11.3. The van der Waals surface area contributed by atoms with E-state index in [0.717, 1.165) is 16.9 Å². The Morgan fingerprint density at radius 3 is 1.82 bits per heavy atom. The number of benzene rings is 4. The summed E-state index contributed by atoms with van der Waals surface area (Å²) >= 11 is 0. The number of nitro benzene ring substituents is 1. The molecule has 4 aromatic carbocycles. The molecule has 7 heteroatoms. The van der Waals surface area contributed by atoms with Crippen molar-refractivity contribution in [3.63, 3.8) is 0 Å². The Balaban J connectivity index is 1.44. The molecule has 0 unspecified atom stereocenters. The Labute approximate surface area is 232 Å². The van der Waals surface area contributed by atoms with E-state index in [-0.39, 0.29) is 29.6 Å². The van der Waals surface area contributed by atoms with Crippen LogP contribution in [0, 0.1) is 24.0 Å². The van der Waals surface area contributed by atoms with Crippen molar-refractivity contribution in [3.05, 3.63) is 124 Å². The van der Waals surface area contributed by atoms with Gasteiger partial charge in [-0.3, -0.25) is 14.9 Å². The van der Waals surface area contributed by atoms with E-state index in [1.165, 1.54) is 26.8 Å². The van der Waals surface area contributed by atoms with E-state index in [4.69, 9.17) is 9.47 Å². The first-order valence-electron chi connectivity index (χ1n) is 12.7. The topological polar surface area (TPSA) is 78.7 Å². The van der Waals surface area contributed by atoms with Crippen molar-refractivity contribution >= 4 is 22.6 Å². The second-order valence-electron chi connectivity index (χ2n) is 9.71. The van der Waals surface area contributed by atoms with Gasteiger partial charge in [0.2, 0.25) is 0 Å². The molecule has 0 saturated carbocycles. The fourth-order valence-electron chi connectivity index (χ4n) is 4.39. The minimum absolute atomic E-state index is 0.00887. The maximum atomic E-state index is 12.6. The highest BCUT2D eigenvalue weighted by molar-refractivity contribution is 7.97. The van der Waals surface area contributed by atoms with Crippen LogP contribution in [0.15, 0.2) is 112 Å². The van der Waals surface area contributed by atoms with Crippen LogP contribution in [-0.2, 0) is 26.0 Å². The van der Waals surface area contributed by atoms with E-state index in [1.54, 1.807) is 26.0 Å². The monoisotopic (exact) mass is 542 g/mol. The molecule has 0 radical (unpaired) electrons. The summed E-state index contributed by atoms with van der Waals surface area (Å²) in [6, 6.07) is 31.3. The van der Waals surface area contributed by atoms with Gasteiger partial charge in [0.05, 0.1) is 28.8 Å². The van der Waals surface area contributed by atoms with Crippen molar-refractivity contribution in [2.75, 3.05) is 6.61 Å². The molecule has 0 heterocycles. The summed E-state index contributed by atoms with van der Waals surface area (Å²) in [5.74, 6) is 0.367. The Morgan fingerprint density at radius 1 is 0.821 bits per heavy atom. The average molecular weight is 543 g/mol. The molecule has 4 aromatic rings. The van der Waals surface area contributed by atoms with Gasteiger partial charge in [-0.15, -0.1) is 0 Å². The van der Waals surface area contributed by atoms with Gasteiger partial charge in [0.1, 0.15) is 11.4 Å². The van der Waals surface area contributed by atoms with E-state index in [1.807, 2.05) is 26.0 Å². The molecule has 0 aliphatic carbocycles. The van der Waals surface area contributed by atoms with Gasteiger partial charge < -0.3 is 9.47 Å². The molecule has 39 heavy (non-hydrogen) atoms. The van der Waals surface area contributed by atoms with Crippen LogP contribution in [0.4, 0.5) is 5.69 Å². The average Bonchev–Trinajstić information content (AvgIpc) is 2.91. The lowest BCUT2D eigenvalue weighted by Crippen LogP contribution is -2.26. The highest BCUT2D eigenvalue weighted by atomic mass is 32.2. The van der Waals surface area contributed by atoms with E-state index in [2.05, 4.69) is 60.7 Å². The van der Waals surface area contributed by atoms with Crippen molar-refractivity contribution in [3.8, 4) is 5.75 Å². The van der Waals surface area contributed by atoms with Gasteiger partial charge in [0.15, 0.2) is 14.7 Å². The third kappa shape index (κ3) is 6.86. The lowest BCUT2D eigenvalue weighted by atomic mass is 9.98. The van der Waals surface area contributed by atoms with Crippen molar-refractivity contribution < 1.29 is 19.2 Å². The molecule has 0 aliphatic heterocycles. The Bertz CT molecular complexity index is 1370. The van der Waals surface area contributed by atoms with Gasteiger partial charge in [-0.2, -0.15) is 0 Å². The molecule has 0 fully saturated rings. The summed E-state index contributed by atoms with van der Waals surface area (Å²) in [6.45, 7) is 7.76. The summed E-state index contributed by atoms with van der Waals surface area (Å²) in [6.07, 6.45) is 0.0788. The lowest BCUT2D eigenvalue weighted by Gasteiger charge is -2.25. The first kappa shape index (κ1) is 27.9. The number of carbonyl (C=O) groups excluding carboxylic acids is 1. The molecule has 0 atom stereocenters. The minimum atomic E-state index is -0.926. The molecule has 0 aromatic heterocycles. The number of hydrogen-bond donors (Lipinski definition) is 0. The molecule has 0 bridgehead atoms. The van der Waals surface area contributed by atoms with Crippen molar-refractivity contribution in [1.82, 2.24) is 0 Å². The molecule has 6 nitrogen and oxygen atoms in total. The Kier molecular flexibility index (Phi) is 8.72. The molecule has 0 N–H and O–H groups in total. The highest BCUT2D eigenvalue weighted by Crippen LogP contribution is 2.35. The molecule has 0 amide bonds. The number of ether oxygens (including phenoxy) is 2. The third-order valence-corrected chi connectivity index (χ3v) is 8.52. The smallest absolute Gasteiger partial charge is 0.310 e. The summed E-state index contributed by atoms with van der Waals surface area (Å²) < 4.78 is 11.8. The standard InChI is InChI=1S/C32H32NO5S/c1-23-21-29(39(27-11-7-5-8-12-27)28-13-9-6-10-14-28)22-24(2)31(23)37-20-19-30(34)38-32(3,4)25-15-17-26(18-16-25)33(35)36/h5-18,21-22H,19-20H2,1-4H3/q+1. The van der Waals surface area contributed by atoms with Crippen molar-refractivity contribution in [1.29, 1.82) is 0 Å². The number of hydrogen-bond acceptors (Lipinski definition) is 5. The fraction of sp³-hybridized carbons (Fsp3) is 0.219. The van der Waals surface area contributed by atoms with Crippen LogP contribution >= 0.6 is 0 Å². The van der Waals surface area contributed by atoms with E-state index < -0.39 is 16.5 Å². The Hall–Kier alpha value is -4.10. The van der Waals surface area contributed by atoms with E-state index in [0.29, 0.717) is 5.56 Å². The van der Waals surface area contributed by atoms with Gasteiger partial charge >= 0.3 is 5.97 Å². The highest BCUT2D eigenvalue weighted by Gasteiger charge is 2.30. The lowest BCUT2D eigenvalue weighted by molar-refractivity contribution is -0.384. The van der Waals surface area contributed by atoms with Gasteiger partial charge in [-0.25, -0.2) is 0 Å².